The number of Topliss-reactive ketones (excluding diaryl/α,β-unsaturated/α-hetero) is 1. The van der Waals surface area contributed by atoms with Crippen LogP contribution >= 0.6 is 0 Å². The van der Waals surface area contributed by atoms with E-state index in [1.807, 2.05) is 39.8 Å². The molecule has 0 radical (unpaired) electrons. The number of carbonyl (C=O) groups excluding carboxylic acids is 1. The van der Waals surface area contributed by atoms with Crippen LogP contribution in [0.4, 0.5) is 0 Å². The van der Waals surface area contributed by atoms with Gasteiger partial charge in [-0.25, -0.2) is 0 Å². The van der Waals surface area contributed by atoms with Crippen molar-refractivity contribution >= 4 is 11.9 Å². The van der Waals surface area contributed by atoms with Crippen LogP contribution in [-0.4, -0.2) is 32.5 Å². The summed E-state index contributed by atoms with van der Waals surface area (Å²) in [6, 6.07) is 5.70. The average molecular weight is 436 g/mol. The molecule has 0 aromatic heterocycles. The molecule has 2 atom stereocenters. The SMILES string of the molecule is CC(C)=CCC12Oc3c4c(cc(O)c3C(=O)C1(O)Oc1cc(O)ccc12)OC(C)(C)C=C4. The lowest BCUT2D eigenvalue weighted by atomic mass is 9.76. The van der Waals surface area contributed by atoms with Gasteiger partial charge in [-0.05, 0) is 52.0 Å². The highest BCUT2D eigenvalue weighted by molar-refractivity contribution is 6.10. The summed E-state index contributed by atoms with van der Waals surface area (Å²) in [5.41, 5.74) is -0.528. The largest absolute Gasteiger partial charge is 0.508 e. The highest BCUT2D eigenvalue weighted by Gasteiger charge is 2.70. The summed E-state index contributed by atoms with van der Waals surface area (Å²) in [5.74, 6) is -3.09. The minimum absolute atomic E-state index is 0.0767. The van der Waals surface area contributed by atoms with Gasteiger partial charge in [0.25, 0.3) is 0 Å². The van der Waals surface area contributed by atoms with E-state index >= 15 is 0 Å². The number of carbonyl (C=O) groups is 1. The van der Waals surface area contributed by atoms with Gasteiger partial charge in [-0.3, -0.25) is 4.79 Å². The minimum atomic E-state index is -2.44. The minimum Gasteiger partial charge on any atom is -0.508 e. The third kappa shape index (κ3) is 2.61. The summed E-state index contributed by atoms with van der Waals surface area (Å²) in [6.45, 7) is 7.54. The number of hydrogen-bond donors (Lipinski definition) is 3. The molecule has 5 rings (SSSR count). The third-order valence-electron chi connectivity index (χ3n) is 6.10. The number of aromatic hydroxyl groups is 2. The molecule has 0 aliphatic carbocycles. The second-order valence-electron chi connectivity index (χ2n) is 9.22. The smallest absolute Gasteiger partial charge is 0.318 e. The summed E-state index contributed by atoms with van der Waals surface area (Å²) in [6.07, 6.45) is 5.59. The molecule has 0 bridgehead atoms. The number of benzene rings is 2. The van der Waals surface area contributed by atoms with Crippen LogP contribution in [0.2, 0.25) is 0 Å². The molecule has 0 fully saturated rings. The fraction of sp³-hybridized carbons (Fsp3) is 0.320. The van der Waals surface area contributed by atoms with Crippen molar-refractivity contribution < 1.29 is 34.3 Å². The maximum atomic E-state index is 13.7. The molecule has 3 N–H and O–H groups in total. The van der Waals surface area contributed by atoms with E-state index < -0.39 is 22.8 Å². The number of ether oxygens (including phenoxy) is 3. The van der Waals surface area contributed by atoms with E-state index in [9.17, 15) is 20.1 Å². The quantitative estimate of drug-likeness (QED) is 0.606. The standard InChI is InChI=1S/C25H24O7/c1-13(2)7-10-24-16-6-5-14(26)11-19(16)31-25(24,29)22(28)20-17(27)12-18-15(21(20)32-24)8-9-23(3,4)30-18/h5-9,11-12,26-27,29H,10H2,1-4H3. The molecule has 3 aliphatic heterocycles. The number of fused-ring (bicyclic) bond motifs is 6. The molecule has 0 spiro atoms. The van der Waals surface area contributed by atoms with E-state index in [4.69, 9.17) is 14.2 Å². The molecule has 166 valence electrons. The molecular weight excluding hydrogens is 412 g/mol. The topological polar surface area (TPSA) is 105 Å². The van der Waals surface area contributed by atoms with Crippen LogP contribution in [0, 0.1) is 0 Å². The van der Waals surface area contributed by atoms with E-state index in [-0.39, 0.29) is 35.0 Å². The van der Waals surface area contributed by atoms with Crippen molar-refractivity contribution in [2.24, 2.45) is 0 Å². The molecule has 2 aromatic rings. The molecule has 32 heavy (non-hydrogen) atoms. The van der Waals surface area contributed by atoms with Gasteiger partial charge < -0.3 is 29.5 Å². The first-order chi connectivity index (χ1) is 15.0. The normalized spacial score (nSPS) is 26.0. The second kappa shape index (κ2) is 6.29. The fourth-order valence-electron chi connectivity index (χ4n) is 4.49. The van der Waals surface area contributed by atoms with Gasteiger partial charge >= 0.3 is 5.79 Å². The predicted octanol–water partition coefficient (Wildman–Crippen LogP) is 4.19. The molecular formula is C25H24O7. The number of hydrogen-bond acceptors (Lipinski definition) is 7. The first-order valence-electron chi connectivity index (χ1n) is 10.4. The number of ketones is 1. The molecule has 0 saturated heterocycles. The van der Waals surface area contributed by atoms with Crippen LogP contribution in [-0.2, 0) is 5.60 Å². The highest BCUT2D eigenvalue weighted by atomic mass is 16.7. The summed E-state index contributed by atoms with van der Waals surface area (Å²) in [4.78, 5) is 13.7. The van der Waals surface area contributed by atoms with Gasteiger partial charge in [-0.2, -0.15) is 0 Å². The zero-order valence-electron chi connectivity index (χ0n) is 18.2. The van der Waals surface area contributed by atoms with Crippen LogP contribution in [0.15, 0.2) is 42.0 Å². The molecule has 7 heteroatoms. The number of allylic oxidation sites excluding steroid dienone is 1. The van der Waals surface area contributed by atoms with Gasteiger partial charge in [0.15, 0.2) is 0 Å². The van der Waals surface area contributed by atoms with Crippen molar-refractivity contribution in [3.8, 4) is 28.7 Å². The predicted molar refractivity (Wildman–Crippen MR) is 116 cm³/mol. The van der Waals surface area contributed by atoms with Crippen LogP contribution < -0.4 is 14.2 Å². The maximum absolute atomic E-state index is 13.7. The monoisotopic (exact) mass is 436 g/mol. The summed E-state index contributed by atoms with van der Waals surface area (Å²) >= 11 is 0. The molecule has 7 nitrogen and oxygen atoms in total. The Morgan fingerprint density at radius 1 is 1.06 bits per heavy atom. The zero-order valence-corrected chi connectivity index (χ0v) is 18.2. The molecule has 3 aliphatic rings. The van der Waals surface area contributed by atoms with E-state index in [0.29, 0.717) is 16.9 Å². The Hall–Kier alpha value is -3.45. The number of phenols is 2. The van der Waals surface area contributed by atoms with Gasteiger partial charge in [-0.1, -0.05) is 11.6 Å². The summed E-state index contributed by atoms with van der Waals surface area (Å²) in [5, 5.41) is 32.3. The van der Waals surface area contributed by atoms with E-state index in [2.05, 4.69) is 0 Å². The van der Waals surface area contributed by atoms with Crippen LogP contribution in [0.3, 0.4) is 0 Å². The van der Waals surface area contributed by atoms with Crippen molar-refractivity contribution in [2.45, 2.75) is 51.1 Å². The number of phenolic OH excluding ortho intramolecular Hbond substituents is 2. The van der Waals surface area contributed by atoms with E-state index in [0.717, 1.165) is 5.57 Å². The second-order valence-corrected chi connectivity index (χ2v) is 9.22. The van der Waals surface area contributed by atoms with Gasteiger partial charge in [0.1, 0.15) is 39.9 Å². The van der Waals surface area contributed by atoms with Crippen LogP contribution in [0.25, 0.3) is 6.08 Å². The van der Waals surface area contributed by atoms with Gasteiger partial charge in [0.2, 0.25) is 11.4 Å². The van der Waals surface area contributed by atoms with Crippen molar-refractivity contribution in [3.63, 3.8) is 0 Å². The van der Waals surface area contributed by atoms with Gasteiger partial charge in [-0.15, -0.1) is 0 Å². The molecule has 2 aromatic carbocycles. The lowest BCUT2D eigenvalue weighted by Gasteiger charge is -2.44. The Morgan fingerprint density at radius 3 is 2.53 bits per heavy atom. The Morgan fingerprint density at radius 2 is 1.81 bits per heavy atom. The highest BCUT2D eigenvalue weighted by Crippen LogP contribution is 2.59. The van der Waals surface area contributed by atoms with Crippen molar-refractivity contribution in [1.82, 2.24) is 0 Å². The van der Waals surface area contributed by atoms with Crippen LogP contribution in [0.5, 0.6) is 28.7 Å². The Labute approximate surface area is 185 Å². The molecule has 2 unspecified atom stereocenters. The molecule has 0 amide bonds. The van der Waals surface area contributed by atoms with Gasteiger partial charge in [0, 0.05) is 24.1 Å². The number of rotatable bonds is 2. The summed E-state index contributed by atoms with van der Waals surface area (Å²) < 4.78 is 18.2. The van der Waals surface area contributed by atoms with Gasteiger partial charge in [0.05, 0.1) is 5.56 Å². The summed E-state index contributed by atoms with van der Waals surface area (Å²) in [7, 11) is 0. The first-order valence-corrected chi connectivity index (χ1v) is 10.4. The van der Waals surface area contributed by atoms with E-state index in [1.54, 1.807) is 12.1 Å². The van der Waals surface area contributed by atoms with Crippen molar-refractivity contribution in [3.05, 3.63) is 58.7 Å². The van der Waals surface area contributed by atoms with E-state index in [1.165, 1.54) is 18.2 Å². The lowest BCUT2D eigenvalue weighted by molar-refractivity contribution is -0.201. The van der Waals surface area contributed by atoms with Crippen molar-refractivity contribution in [1.29, 1.82) is 0 Å². The maximum Gasteiger partial charge on any atom is 0.318 e. The average Bonchev–Trinajstić information content (AvgIpc) is 2.94. The Bertz CT molecular complexity index is 1240. The lowest BCUT2D eigenvalue weighted by Crippen LogP contribution is -2.62. The first kappa shape index (κ1) is 20.5. The molecule has 0 saturated carbocycles. The third-order valence-corrected chi connectivity index (χ3v) is 6.10. The Kier molecular flexibility index (Phi) is 4.02. The van der Waals surface area contributed by atoms with Crippen molar-refractivity contribution in [2.75, 3.05) is 0 Å². The van der Waals surface area contributed by atoms with Crippen LogP contribution in [0.1, 0.15) is 55.6 Å². The zero-order chi connectivity index (χ0) is 23.1. The fourth-order valence-corrected chi connectivity index (χ4v) is 4.49. The Balaban J connectivity index is 1.80. The number of aliphatic hydroxyl groups is 1. The molecule has 3 heterocycles.